The van der Waals surface area contributed by atoms with Gasteiger partial charge in [-0.15, -0.1) is 5.10 Å². The Bertz CT molecular complexity index is 1420. The molecule has 3 aromatic rings. The Hall–Kier alpha value is -2.97. The number of likely N-dealkylation sites (tertiary alicyclic amines) is 1. The predicted octanol–water partition coefficient (Wildman–Crippen LogP) is 3.33. The summed E-state index contributed by atoms with van der Waals surface area (Å²) in [6.07, 6.45) is 4.26. The fourth-order valence-corrected chi connectivity index (χ4v) is 8.27. The molecule has 6 heterocycles. The van der Waals surface area contributed by atoms with E-state index >= 15 is 0 Å². The lowest BCUT2D eigenvalue weighted by atomic mass is 9.63. The molecule has 6 fully saturated rings. The number of aromatic nitrogens is 3. The zero-order valence-electron chi connectivity index (χ0n) is 22.1. The molecule has 2 aromatic heterocycles. The number of aliphatic carboxylic acids is 1. The van der Waals surface area contributed by atoms with Gasteiger partial charge in [-0.1, -0.05) is 37.3 Å². The second-order valence-electron chi connectivity index (χ2n) is 12.9. The van der Waals surface area contributed by atoms with Crippen LogP contribution in [0, 0.1) is 36.5 Å². The van der Waals surface area contributed by atoms with E-state index in [9.17, 15) is 9.90 Å². The van der Waals surface area contributed by atoms with Gasteiger partial charge in [-0.05, 0) is 54.7 Å². The van der Waals surface area contributed by atoms with Crippen LogP contribution in [0.5, 0.6) is 0 Å². The highest BCUT2D eigenvalue weighted by Crippen LogP contribution is 2.60. The molecule has 8 heteroatoms. The Morgan fingerprint density at radius 1 is 1.21 bits per heavy atom. The van der Waals surface area contributed by atoms with Gasteiger partial charge >= 0.3 is 5.97 Å². The van der Waals surface area contributed by atoms with Crippen LogP contribution in [0.1, 0.15) is 36.7 Å². The zero-order chi connectivity index (χ0) is 25.8. The van der Waals surface area contributed by atoms with Gasteiger partial charge in [0.1, 0.15) is 5.60 Å². The molecule has 38 heavy (non-hydrogen) atoms. The highest BCUT2D eigenvalue weighted by molar-refractivity contribution is 5.74. The van der Waals surface area contributed by atoms with Gasteiger partial charge in [-0.2, -0.15) is 0 Å². The van der Waals surface area contributed by atoms with Crippen molar-refractivity contribution in [3.8, 4) is 0 Å². The highest BCUT2D eigenvalue weighted by atomic mass is 16.5. The second kappa shape index (κ2) is 7.79. The predicted molar refractivity (Wildman–Crippen MR) is 142 cm³/mol. The number of carboxylic acid groups (broad SMARTS) is 1. The van der Waals surface area contributed by atoms with Gasteiger partial charge < -0.3 is 19.6 Å². The first-order chi connectivity index (χ1) is 18.3. The van der Waals surface area contributed by atoms with Crippen molar-refractivity contribution in [2.75, 3.05) is 44.2 Å². The number of pyridine rings is 1. The minimum Gasteiger partial charge on any atom is -0.481 e. The summed E-state index contributed by atoms with van der Waals surface area (Å²) in [6.45, 7) is 10.0. The lowest BCUT2D eigenvalue weighted by molar-refractivity contribution is -0.139. The standard InChI is InChI=1S/C30H35N5O3/c1-18-10-21(34-9-8-29(2,17-34)20-6-4-3-5-7-20)12-35-26(18)31-28(32-35)30-11-19(16-38-30)24(30)15-33-13-22-23(14-33)25(22)27(36)37/h3-7,10,12,19,22-25H,8-9,11,13-17H2,1-2H3,(H,36,37)/t19?,22?,23?,24?,25?,29-,30?/m0/s1. The summed E-state index contributed by atoms with van der Waals surface area (Å²) in [4.78, 5) is 21.4. The molecule has 0 amide bonds. The molecule has 4 saturated heterocycles. The van der Waals surface area contributed by atoms with E-state index in [0.717, 1.165) is 69.2 Å². The first-order valence-electron chi connectivity index (χ1n) is 14.1. The first kappa shape index (κ1) is 23.0. The molecular formula is C30H35N5O3. The fourth-order valence-electron chi connectivity index (χ4n) is 8.27. The van der Waals surface area contributed by atoms with E-state index < -0.39 is 11.6 Å². The van der Waals surface area contributed by atoms with Crippen LogP contribution in [0.25, 0.3) is 5.65 Å². The summed E-state index contributed by atoms with van der Waals surface area (Å²) < 4.78 is 8.40. The van der Waals surface area contributed by atoms with Crippen LogP contribution in [-0.2, 0) is 20.5 Å². The zero-order valence-corrected chi connectivity index (χ0v) is 22.1. The summed E-state index contributed by atoms with van der Waals surface area (Å²) in [5.74, 6) is 1.69. The molecule has 8 nitrogen and oxygen atoms in total. The maximum absolute atomic E-state index is 11.4. The summed E-state index contributed by atoms with van der Waals surface area (Å²) in [5.41, 5.74) is 4.39. The number of carboxylic acids is 1. The Balaban J connectivity index is 1.03. The normalized spacial score (nSPS) is 37.5. The Kier molecular flexibility index (Phi) is 4.71. The molecular weight excluding hydrogens is 478 g/mol. The third-order valence-corrected chi connectivity index (χ3v) is 10.6. The minimum absolute atomic E-state index is 0.118. The number of piperidine rings is 1. The number of benzene rings is 1. The van der Waals surface area contributed by atoms with Crippen molar-refractivity contribution in [3.05, 3.63) is 59.5 Å². The van der Waals surface area contributed by atoms with Crippen LogP contribution >= 0.6 is 0 Å². The number of hydrogen-bond acceptors (Lipinski definition) is 6. The number of hydrogen-bond donors (Lipinski definition) is 1. The van der Waals surface area contributed by atoms with Gasteiger partial charge in [0.2, 0.25) is 0 Å². The Labute approximate surface area is 222 Å². The van der Waals surface area contributed by atoms with E-state index in [4.69, 9.17) is 14.8 Å². The fraction of sp³-hybridized carbons (Fsp3) is 0.567. The molecule has 2 saturated carbocycles. The smallest absolute Gasteiger partial charge is 0.307 e. The van der Waals surface area contributed by atoms with Gasteiger partial charge in [-0.3, -0.25) is 4.79 Å². The van der Waals surface area contributed by atoms with E-state index in [1.165, 1.54) is 11.3 Å². The van der Waals surface area contributed by atoms with Crippen LogP contribution in [0.3, 0.4) is 0 Å². The molecule has 0 spiro atoms. The molecule has 2 bridgehead atoms. The Morgan fingerprint density at radius 3 is 2.74 bits per heavy atom. The van der Waals surface area contributed by atoms with Gasteiger partial charge in [0, 0.05) is 44.1 Å². The SMILES string of the molecule is Cc1cc(N2CC[C@](C)(c3ccccc3)C2)cn2nc(C34CC(CO3)C4CN3CC4C(C3)C4C(=O)O)nc12. The van der Waals surface area contributed by atoms with Gasteiger partial charge in [0.05, 0.1) is 24.4 Å². The molecule has 6 aliphatic rings. The molecule has 2 aliphatic carbocycles. The number of fused-ring (bicyclic) bond motifs is 3. The van der Waals surface area contributed by atoms with E-state index in [2.05, 4.69) is 66.2 Å². The van der Waals surface area contributed by atoms with Crippen molar-refractivity contribution in [2.45, 2.75) is 37.7 Å². The van der Waals surface area contributed by atoms with E-state index in [-0.39, 0.29) is 11.3 Å². The molecule has 1 N–H and O–H groups in total. The average Bonchev–Trinajstić information content (AvgIpc) is 3.54. The van der Waals surface area contributed by atoms with Gasteiger partial charge in [0.15, 0.2) is 11.5 Å². The third-order valence-electron chi connectivity index (χ3n) is 10.6. The van der Waals surface area contributed by atoms with Crippen LogP contribution in [0.4, 0.5) is 5.69 Å². The summed E-state index contributed by atoms with van der Waals surface area (Å²) in [7, 11) is 0. The molecule has 198 valence electrons. The van der Waals surface area contributed by atoms with E-state index in [1.54, 1.807) is 0 Å². The van der Waals surface area contributed by atoms with Crippen molar-refractivity contribution >= 4 is 17.3 Å². The molecule has 0 radical (unpaired) electrons. The lowest BCUT2D eigenvalue weighted by Crippen LogP contribution is -2.51. The highest BCUT2D eigenvalue weighted by Gasteiger charge is 2.66. The van der Waals surface area contributed by atoms with Crippen LogP contribution in [-0.4, -0.2) is 69.9 Å². The van der Waals surface area contributed by atoms with Crippen molar-refractivity contribution < 1.29 is 14.6 Å². The summed E-state index contributed by atoms with van der Waals surface area (Å²) in [6, 6.07) is 13.1. The van der Waals surface area contributed by atoms with E-state index in [1.807, 2.05) is 4.52 Å². The van der Waals surface area contributed by atoms with Gasteiger partial charge in [-0.25, -0.2) is 9.50 Å². The maximum atomic E-state index is 11.4. The summed E-state index contributed by atoms with van der Waals surface area (Å²) >= 11 is 0. The first-order valence-corrected chi connectivity index (χ1v) is 14.1. The van der Waals surface area contributed by atoms with Crippen molar-refractivity contribution in [1.29, 1.82) is 0 Å². The third kappa shape index (κ3) is 3.19. The Morgan fingerprint density at radius 2 is 2.00 bits per heavy atom. The molecule has 5 unspecified atom stereocenters. The number of rotatable bonds is 6. The van der Waals surface area contributed by atoms with Crippen molar-refractivity contribution in [3.63, 3.8) is 0 Å². The van der Waals surface area contributed by atoms with Crippen LogP contribution < -0.4 is 4.90 Å². The maximum Gasteiger partial charge on any atom is 0.307 e. The number of nitrogens with zero attached hydrogens (tertiary/aromatic N) is 5. The molecule has 4 aliphatic heterocycles. The monoisotopic (exact) mass is 513 g/mol. The molecule has 1 aromatic carbocycles. The van der Waals surface area contributed by atoms with Crippen LogP contribution in [0.15, 0.2) is 42.6 Å². The largest absolute Gasteiger partial charge is 0.481 e. The number of carbonyl (C=O) groups is 1. The molecule has 9 rings (SSSR count). The quantitative estimate of drug-likeness (QED) is 0.541. The average molecular weight is 514 g/mol. The second-order valence-corrected chi connectivity index (χ2v) is 12.9. The topological polar surface area (TPSA) is 83.2 Å². The lowest BCUT2D eigenvalue weighted by Gasteiger charge is -2.45. The van der Waals surface area contributed by atoms with Gasteiger partial charge in [0.25, 0.3) is 0 Å². The molecule has 6 atom stereocenters. The van der Waals surface area contributed by atoms with E-state index in [0.29, 0.717) is 23.7 Å². The summed E-state index contributed by atoms with van der Waals surface area (Å²) in [5, 5.41) is 14.4. The number of anilines is 1. The number of ether oxygens (including phenoxy) is 1. The van der Waals surface area contributed by atoms with Crippen LogP contribution in [0.2, 0.25) is 0 Å². The number of aryl methyl sites for hydroxylation is 1. The van der Waals surface area contributed by atoms with Crippen molar-refractivity contribution in [2.24, 2.45) is 29.6 Å². The minimum atomic E-state index is -0.620. The van der Waals surface area contributed by atoms with Crippen molar-refractivity contribution in [1.82, 2.24) is 19.5 Å².